The van der Waals surface area contributed by atoms with E-state index in [-0.39, 0.29) is 5.78 Å². The molecule has 1 saturated carbocycles. The van der Waals surface area contributed by atoms with Crippen molar-refractivity contribution in [3.8, 4) is 0 Å². The van der Waals surface area contributed by atoms with Gasteiger partial charge in [0.15, 0.2) is 5.78 Å². The molecular formula is C15H24N2O. The van der Waals surface area contributed by atoms with Crippen molar-refractivity contribution in [2.24, 2.45) is 5.92 Å². The highest BCUT2D eigenvalue weighted by atomic mass is 16.1. The third-order valence-electron chi connectivity index (χ3n) is 3.85. The predicted octanol–water partition coefficient (Wildman–Crippen LogP) is 3.40. The molecule has 0 amide bonds. The molecule has 0 saturated heterocycles. The third-order valence-corrected chi connectivity index (χ3v) is 3.85. The van der Waals surface area contributed by atoms with Crippen LogP contribution in [0.15, 0.2) is 0 Å². The molecule has 0 aromatic carbocycles. The summed E-state index contributed by atoms with van der Waals surface area (Å²) >= 11 is 0. The number of nitrogens with zero attached hydrogens (tertiary/aromatic N) is 2. The van der Waals surface area contributed by atoms with Crippen molar-refractivity contribution >= 4 is 5.78 Å². The molecule has 0 aliphatic heterocycles. The molecular weight excluding hydrogens is 224 g/mol. The van der Waals surface area contributed by atoms with E-state index in [0.29, 0.717) is 6.42 Å². The van der Waals surface area contributed by atoms with Crippen molar-refractivity contribution in [3.63, 3.8) is 0 Å². The summed E-state index contributed by atoms with van der Waals surface area (Å²) in [5, 5.41) is 4.66. The molecule has 3 nitrogen and oxygen atoms in total. The third kappa shape index (κ3) is 2.65. The van der Waals surface area contributed by atoms with Crippen LogP contribution in [-0.4, -0.2) is 15.6 Å². The molecule has 1 aliphatic carbocycles. The standard InChI is InChI=1S/C15H24N2O/c1-4-12-15(14(18)6-3)13(5-2)17(16-12)10-9-11-7-8-11/h11H,4-10H2,1-3H3. The molecule has 100 valence electrons. The number of ketones is 1. The monoisotopic (exact) mass is 248 g/mol. The minimum absolute atomic E-state index is 0.251. The molecule has 1 aromatic rings. The molecule has 0 unspecified atom stereocenters. The topological polar surface area (TPSA) is 34.9 Å². The summed E-state index contributed by atoms with van der Waals surface area (Å²) < 4.78 is 2.10. The first kappa shape index (κ1) is 13.3. The molecule has 1 heterocycles. The van der Waals surface area contributed by atoms with Crippen LogP contribution in [0.4, 0.5) is 0 Å². The fraction of sp³-hybridized carbons (Fsp3) is 0.733. The van der Waals surface area contributed by atoms with Crippen LogP contribution in [0.3, 0.4) is 0 Å². The number of carbonyl (C=O) groups excluding carboxylic acids is 1. The van der Waals surface area contributed by atoms with E-state index in [2.05, 4.69) is 23.6 Å². The van der Waals surface area contributed by atoms with E-state index in [9.17, 15) is 4.79 Å². The molecule has 2 rings (SSSR count). The van der Waals surface area contributed by atoms with Gasteiger partial charge in [-0.05, 0) is 25.2 Å². The minimum atomic E-state index is 0.251. The van der Waals surface area contributed by atoms with Gasteiger partial charge in [-0.3, -0.25) is 9.48 Å². The Morgan fingerprint density at radius 1 is 1.28 bits per heavy atom. The van der Waals surface area contributed by atoms with E-state index >= 15 is 0 Å². The molecule has 0 radical (unpaired) electrons. The number of hydrogen-bond acceptors (Lipinski definition) is 2. The van der Waals surface area contributed by atoms with Gasteiger partial charge in [-0.15, -0.1) is 0 Å². The summed E-state index contributed by atoms with van der Waals surface area (Å²) in [7, 11) is 0. The van der Waals surface area contributed by atoms with E-state index in [0.717, 1.165) is 42.3 Å². The van der Waals surface area contributed by atoms with Crippen LogP contribution in [0.25, 0.3) is 0 Å². The Bertz CT molecular complexity index is 430. The zero-order chi connectivity index (χ0) is 13.1. The lowest BCUT2D eigenvalue weighted by molar-refractivity contribution is 0.0986. The van der Waals surface area contributed by atoms with Gasteiger partial charge in [-0.25, -0.2) is 0 Å². The molecule has 18 heavy (non-hydrogen) atoms. The summed E-state index contributed by atoms with van der Waals surface area (Å²) in [6.07, 6.45) is 6.31. The van der Waals surface area contributed by atoms with E-state index in [1.54, 1.807) is 0 Å². The van der Waals surface area contributed by atoms with Crippen molar-refractivity contribution < 1.29 is 4.79 Å². The van der Waals surface area contributed by atoms with Gasteiger partial charge < -0.3 is 0 Å². The minimum Gasteiger partial charge on any atom is -0.294 e. The lowest BCUT2D eigenvalue weighted by atomic mass is 10.0. The van der Waals surface area contributed by atoms with E-state index in [1.165, 1.54) is 19.3 Å². The van der Waals surface area contributed by atoms with Gasteiger partial charge in [0.2, 0.25) is 0 Å². The lowest BCUT2D eigenvalue weighted by Gasteiger charge is -2.06. The number of aryl methyl sites for hydroxylation is 2. The van der Waals surface area contributed by atoms with Crippen LogP contribution in [-0.2, 0) is 19.4 Å². The normalized spacial score (nSPS) is 15.1. The molecule has 3 heteroatoms. The summed E-state index contributed by atoms with van der Waals surface area (Å²) in [5.41, 5.74) is 3.06. The second kappa shape index (κ2) is 5.68. The number of rotatable bonds is 7. The van der Waals surface area contributed by atoms with Crippen molar-refractivity contribution in [2.45, 2.75) is 65.8 Å². The maximum absolute atomic E-state index is 12.1. The van der Waals surface area contributed by atoms with Gasteiger partial charge >= 0.3 is 0 Å². The first-order valence-electron chi connectivity index (χ1n) is 7.32. The Morgan fingerprint density at radius 3 is 2.50 bits per heavy atom. The number of carbonyl (C=O) groups is 1. The van der Waals surface area contributed by atoms with E-state index in [4.69, 9.17) is 0 Å². The van der Waals surface area contributed by atoms with Crippen molar-refractivity contribution in [2.75, 3.05) is 0 Å². The Morgan fingerprint density at radius 2 is 2.00 bits per heavy atom. The number of aromatic nitrogens is 2. The van der Waals surface area contributed by atoms with Crippen LogP contribution in [0, 0.1) is 5.92 Å². The summed E-state index contributed by atoms with van der Waals surface area (Å²) in [5.74, 6) is 1.16. The fourth-order valence-corrected chi connectivity index (χ4v) is 2.55. The van der Waals surface area contributed by atoms with E-state index in [1.807, 2.05) is 6.92 Å². The van der Waals surface area contributed by atoms with Gasteiger partial charge in [0.1, 0.15) is 0 Å². The van der Waals surface area contributed by atoms with Crippen molar-refractivity contribution in [3.05, 3.63) is 17.0 Å². The summed E-state index contributed by atoms with van der Waals surface area (Å²) in [6.45, 7) is 7.12. The second-order valence-corrected chi connectivity index (χ2v) is 5.21. The average molecular weight is 248 g/mol. The van der Waals surface area contributed by atoms with Gasteiger partial charge in [-0.2, -0.15) is 5.10 Å². The molecule has 0 atom stereocenters. The molecule has 1 aromatic heterocycles. The Hall–Kier alpha value is -1.12. The average Bonchev–Trinajstić information content (AvgIpc) is 3.15. The maximum atomic E-state index is 12.1. The number of Topliss-reactive ketones (excluding diaryl/α,β-unsaturated/α-hetero) is 1. The summed E-state index contributed by atoms with van der Waals surface area (Å²) in [4.78, 5) is 12.1. The SMILES string of the molecule is CCC(=O)c1c(CC)nn(CCC2CC2)c1CC. The Balaban J connectivity index is 2.27. The van der Waals surface area contributed by atoms with Crippen molar-refractivity contribution in [1.29, 1.82) is 0 Å². The molecule has 0 spiro atoms. The highest BCUT2D eigenvalue weighted by Gasteiger charge is 2.24. The highest BCUT2D eigenvalue weighted by molar-refractivity contribution is 5.98. The first-order valence-corrected chi connectivity index (χ1v) is 7.32. The van der Waals surface area contributed by atoms with Gasteiger partial charge in [0.25, 0.3) is 0 Å². The molecule has 0 N–H and O–H groups in total. The molecule has 1 fully saturated rings. The lowest BCUT2D eigenvalue weighted by Crippen LogP contribution is -2.08. The highest BCUT2D eigenvalue weighted by Crippen LogP contribution is 2.33. The fourth-order valence-electron chi connectivity index (χ4n) is 2.55. The zero-order valence-electron chi connectivity index (χ0n) is 11.8. The van der Waals surface area contributed by atoms with Gasteiger partial charge in [0, 0.05) is 18.7 Å². The summed E-state index contributed by atoms with van der Waals surface area (Å²) in [6, 6.07) is 0. The maximum Gasteiger partial charge on any atom is 0.166 e. The zero-order valence-corrected chi connectivity index (χ0v) is 11.8. The van der Waals surface area contributed by atoms with Crippen LogP contribution in [0.1, 0.15) is 68.2 Å². The van der Waals surface area contributed by atoms with Crippen LogP contribution < -0.4 is 0 Å². The largest absolute Gasteiger partial charge is 0.294 e. The van der Waals surface area contributed by atoms with Crippen LogP contribution in [0.2, 0.25) is 0 Å². The Kier molecular flexibility index (Phi) is 4.20. The number of hydrogen-bond donors (Lipinski definition) is 0. The van der Waals surface area contributed by atoms with Crippen molar-refractivity contribution in [1.82, 2.24) is 9.78 Å². The van der Waals surface area contributed by atoms with E-state index < -0.39 is 0 Å². The predicted molar refractivity (Wildman–Crippen MR) is 72.9 cm³/mol. The second-order valence-electron chi connectivity index (χ2n) is 5.21. The van der Waals surface area contributed by atoms with Crippen LogP contribution >= 0.6 is 0 Å². The molecule has 1 aliphatic rings. The van der Waals surface area contributed by atoms with Gasteiger partial charge in [-0.1, -0.05) is 33.6 Å². The van der Waals surface area contributed by atoms with Gasteiger partial charge in [0.05, 0.1) is 11.3 Å². The quantitative estimate of drug-likeness (QED) is 0.693. The first-order chi connectivity index (χ1) is 8.71. The Labute approximate surface area is 110 Å². The smallest absolute Gasteiger partial charge is 0.166 e. The van der Waals surface area contributed by atoms with Crippen LogP contribution in [0.5, 0.6) is 0 Å². The molecule has 0 bridgehead atoms.